The van der Waals surface area contributed by atoms with E-state index in [-0.39, 0.29) is 0 Å². The van der Waals surface area contributed by atoms with Crippen molar-refractivity contribution in [2.75, 3.05) is 33.7 Å². The highest BCUT2D eigenvalue weighted by Crippen LogP contribution is 2.21. The Balaban J connectivity index is 1.45. The van der Waals surface area contributed by atoms with Crippen LogP contribution in [0, 0.1) is 0 Å². The van der Waals surface area contributed by atoms with E-state index in [1.54, 1.807) is 0 Å². The molecule has 0 radical (unpaired) electrons. The molecule has 1 saturated heterocycles. The summed E-state index contributed by atoms with van der Waals surface area (Å²) in [6.07, 6.45) is 8.86. The standard InChI is InChI=1S/C19H27N5/c1-22(2)15-18-16-24(21-20-18)19-10-13-23(14-11-19)12-6-9-17-7-4-3-5-8-17/h3-9,16,19H,10-15H2,1-2H3. The van der Waals surface area contributed by atoms with Gasteiger partial charge in [0.05, 0.1) is 17.9 Å². The average molecular weight is 325 g/mol. The first-order chi connectivity index (χ1) is 11.7. The lowest BCUT2D eigenvalue weighted by Gasteiger charge is -2.30. The number of benzene rings is 1. The molecule has 1 aliphatic heterocycles. The second-order valence-corrected chi connectivity index (χ2v) is 6.77. The second-order valence-electron chi connectivity index (χ2n) is 6.77. The van der Waals surface area contributed by atoms with Gasteiger partial charge in [0.2, 0.25) is 0 Å². The summed E-state index contributed by atoms with van der Waals surface area (Å²) in [4.78, 5) is 4.63. The highest BCUT2D eigenvalue weighted by Gasteiger charge is 2.20. The lowest BCUT2D eigenvalue weighted by atomic mass is 10.1. The Hall–Kier alpha value is -1.98. The van der Waals surface area contributed by atoms with Gasteiger partial charge in [-0.15, -0.1) is 5.10 Å². The fourth-order valence-electron chi connectivity index (χ4n) is 3.16. The average Bonchev–Trinajstić information content (AvgIpc) is 3.04. The summed E-state index contributed by atoms with van der Waals surface area (Å²) in [6.45, 7) is 4.10. The molecule has 2 heterocycles. The van der Waals surface area contributed by atoms with Gasteiger partial charge in [-0.25, -0.2) is 4.68 Å². The van der Waals surface area contributed by atoms with Crippen LogP contribution in [0.25, 0.3) is 6.08 Å². The number of hydrogen-bond acceptors (Lipinski definition) is 4. The fourth-order valence-corrected chi connectivity index (χ4v) is 3.16. The topological polar surface area (TPSA) is 37.2 Å². The van der Waals surface area contributed by atoms with Crippen LogP contribution in [0.1, 0.15) is 30.1 Å². The van der Waals surface area contributed by atoms with Crippen LogP contribution in [0.4, 0.5) is 0 Å². The van der Waals surface area contributed by atoms with E-state index in [1.165, 1.54) is 5.56 Å². The summed E-state index contributed by atoms with van der Waals surface area (Å²) in [5.41, 5.74) is 2.32. The van der Waals surface area contributed by atoms with E-state index in [9.17, 15) is 0 Å². The maximum atomic E-state index is 4.33. The Morgan fingerprint density at radius 3 is 2.62 bits per heavy atom. The molecule has 0 N–H and O–H groups in total. The third-order valence-corrected chi connectivity index (χ3v) is 4.44. The Bertz CT molecular complexity index is 639. The van der Waals surface area contributed by atoms with E-state index in [1.807, 2.05) is 0 Å². The van der Waals surface area contributed by atoms with E-state index < -0.39 is 0 Å². The van der Waals surface area contributed by atoms with Crippen molar-refractivity contribution in [3.63, 3.8) is 0 Å². The lowest BCUT2D eigenvalue weighted by molar-refractivity contribution is 0.194. The van der Waals surface area contributed by atoms with Crippen molar-refractivity contribution >= 4 is 6.08 Å². The van der Waals surface area contributed by atoms with Crippen LogP contribution in [0.2, 0.25) is 0 Å². The summed E-state index contributed by atoms with van der Waals surface area (Å²) >= 11 is 0. The van der Waals surface area contributed by atoms with E-state index in [4.69, 9.17) is 0 Å². The third kappa shape index (κ3) is 4.76. The van der Waals surface area contributed by atoms with Gasteiger partial charge in [-0.2, -0.15) is 0 Å². The Labute approximate surface area is 144 Å². The molecule has 128 valence electrons. The van der Waals surface area contributed by atoms with Gasteiger partial charge in [0, 0.05) is 26.2 Å². The zero-order valence-corrected chi connectivity index (χ0v) is 14.7. The summed E-state index contributed by atoms with van der Waals surface area (Å²) in [5.74, 6) is 0. The molecular weight excluding hydrogens is 298 g/mol. The van der Waals surface area contributed by atoms with E-state index in [0.717, 1.165) is 44.7 Å². The molecule has 3 rings (SSSR count). The van der Waals surface area contributed by atoms with Crippen LogP contribution >= 0.6 is 0 Å². The van der Waals surface area contributed by atoms with Crippen molar-refractivity contribution in [1.29, 1.82) is 0 Å². The predicted octanol–water partition coefficient (Wildman–Crippen LogP) is 2.69. The number of nitrogens with zero attached hydrogens (tertiary/aromatic N) is 5. The SMILES string of the molecule is CN(C)Cc1cn(C2CCN(CC=Cc3ccccc3)CC2)nn1. The molecule has 1 aromatic heterocycles. The molecule has 0 bridgehead atoms. The van der Waals surface area contributed by atoms with Crippen LogP contribution in [0.3, 0.4) is 0 Å². The molecule has 0 amide bonds. The first-order valence-corrected chi connectivity index (χ1v) is 8.70. The van der Waals surface area contributed by atoms with E-state index >= 15 is 0 Å². The minimum atomic E-state index is 0.489. The monoisotopic (exact) mass is 325 g/mol. The summed E-state index contributed by atoms with van der Waals surface area (Å²) < 4.78 is 2.07. The minimum Gasteiger partial charge on any atom is -0.303 e. The largest absolute Gasteiger partial charge is 0.303 e. The predicted molar refractivity (Wildman–Crippen MR) is 97.6 cm³/mol. The first-order valence-electron chi connectivity index (χ1n) is 8.70. The van der Waals surface area contributed by atoms with Crippen LogP contribution in [0.5, 0.6) is 0 Å². The molecule has 1 fully saturated rings. The molecule has 0 aliphatic carbocycles. The molecule has 0 saturated carbocycles. The molecule has 1 aliphatic rings. The quantitative estimate of drug-likeness (QED) is 0.818. The molecular formula is C19H27N5. The van der Waals surface area contributed by atoms with Gasteiger partial charge in [-0.05, 0) is 32.5 Å². The molecule has 0 atom stereocenters. The number of likely N-dealkylation sites (tertiary alicyclic amines) is 1. The smallest absolute Gasteiger partial charge is 0.0967 e. The van der Waals surface area contributed by atoms with Crippen LogP contribution in [0.15, 0.2) is 42.6 Å². The maximum absolute atomic E-state index is 4.33. The molecule has 1 aromatic carbocycles. The number of hydrogen-bond donors (Lipinski definition) is 0. The number of rotatable bonds is 6. The summed E-state index contributed by atoms with van der Waals surface area (Å²) in [5, 5.41) is 8.61. The van der Waals surface area contributed by atoms with Gasteiger partial charge in [-0.1, -0.05) is 47.7 Å². The van der Waals surface area contributed by atoms with Crippen LogP contribution < -0.4 is 0 Å². The lowest BCUT2D eigenvalue weighted by Crippen LogP contribution is -2.34. The van der Waals surface area contributed by atoms with Gasteiger partial charge in [-0.3, -0.25) is 4.90 Å². The number of aromatic nitrogens is 3. The van der Waals surface area contributed by atoms with Crippen molar-refractivity contribution in [2.45, 2.75) is 25.4 Å². The zero-order chi connectivity index (χ0) is 16.8. The molecule has 5 nitrogen and oxygen atoms in total. The second kappa shape index (κ2) is 8.22. The Morgan fingerprint density at radius 1 is 1.17 bits per heavy atom. The molecule has 5 heteroatoms. The summed E-state index contributed by atoms with van der Waals surface area (Å²) in [6, 6.07) is 11.0. The summed E-state index contributed by atoms with van der Waals surface area (Å²) in [7, 11) is 4.11. The van der Waals surface area contributed by atoms with Crippen molar-refractivity contribution in [1.82, 2.24) is 24.8 Å². The van der Waals surface area contributed by atoms with Crippen LogP contribution in [-0.4, -0.2) is 58.5 Å². The van der Waals surface area contributed by atoms with Gasteiger partial charge < -0.3 is 4.90 Å². The third-order valence-electron chi connectivity index (χ3n) is 4.44. The van der Waals surface area contributed by atoms with Gasteiger partial charge in [0.1, 0.15) is 0 Å². The van der Waals surface area contributed by atoms with Gasteiger partial charge in [0.15, 0.2) is 0 Å². The first kappa shape index (κ1) is 16.9. The van der Waals surface area contributed by atoms with Crippen molar-refractivity contribution < 1.29 is 0 Å². The van der Waals surface area contributed by atoms with Crippen molar-refractivity contribution in [3.05, 3.63) is 53.9 Å². The van der Waals surface area contributed by atoms with E-state index in [2.05, 4.69) is 87.6 Å². The maximum Gasteiger partial charge on any atom is 0.0967 e. The molecule has 2 aromatic rings. The molecule has 0 unspecified atom stereocenters. The van der Waals surface area contributed by atoms with Crippen molar-refractivity contribution in [2.24, 2.45) is 0 Å². The highest BCUT2D eigenvalue weighted by molar-refractivity contribution is 5.48. The normalized spacial score (nSPS) is 17.1. The Morgan fingerprint density at radius 2 is 1.92 bits per heavy atom. The van der Waals surface area contributed by atoms with Gasteiger partial charge in [0.25, 0.3) is 0 Å². The minimum absolute atomic E-state index is 0.489. The number of piperidine rings is 1. The fraction of sp³-hybridized carbons (Fsp3) is 0.474. The highest BCUT2D eigenvalue weighted by atomic mass is 15.4. The molecule has 0 spiro atoms. The van der Waals surface area contributed by atoms with Gasteiger partial charge >= 0.3 is 0 Å². The Kier molecular flexibility index (Phi) is 5.77. The van der Waals surface area contributed by atoms with Crippen LogP contribution in [-0.2, 0) is 6.54 Å². The zero-order valence-electron chi connectivity index (χ0n) is 14.7. The molecule has 24 heavy (non-hydrogen) atoms. The van der Waals surface area contributed by atoms with Crippen molar-refractivity contribution in [3.8, 4) is 0 Å². The van der Waals surface area contributed by atoms with E-state index in [0.29, 0.717) is 6.04 Å².